The molecule has 0 aromatic carbocycles. The standard InChI is InChI=1S/C14H21BrN2OS/c1-4-14(5-2)10-17(8-9-19(14)18)13-7-6-12(15)11(3)16-13/h6-7H,4-5,8-10H2,1-3H3. The summed E-state index contributed by atoms with van der Waals surface area (Å²) in [5.74, 6) is 1.75. The van der Waals surface area contributed by atoms with Crippen LogP contribution in [0.1, 0.15) is 32.4 Å². The maximum Gasteiger partial charge on any atom is 0.128 e. The van der Waals surface area contributed by atoms with Gasteiger partial charge in [0, 0.05) is 34.1 Å². The molecule has 1 atom stereocenters. The summed E-state index contributed by atoms with van der Waals surface area (Å²) in [7, 11) is -0.720. The highest BCUT2D eigenvalue weighted by Gasteiger charge is 2.39. The first-order valence-corrected chi connectivity index (χ1v) is 8.90. The zero-order valence-electron chi connectivity index (χ0n) is 11.8. The van der Waals surface area contributed by atoms with Crippen molar-refractivity contribution in [1.82, 2.24) is 4.98 Å². The highest BCUT2D eigenvalue weighted by atomic mass is 79.9. The summed E-state index contributed by atoms with van der Waals surface area (Å²) in [6.45, 7) is 7.97. The van der Waals surface area contributed by atoms with Gasteiger partial charge in [0.2, 0.25) is 0 Å². The topological polar surface area (TPSA) is 33.2 Å². The Labute approximate surface area is 126 Å². The number of hydrogen-bond donors (Lipinski definition) is 0. The van der Waals surface area contributed by atoms with E-state index in [0.717, 1.165) is 47.7 Å². The van der Waals surface area contributed by atoms with E-state index in [1.165, 1.54) is 0 Å². The molecule has 1 fully saturated rings. The number of aromatic nitrogens is 1. The molecule has 0 amide bonds. The van der Waals surface area contributed by atoms with E-state index in [0.29, 0.717) is 0 Å². The third kappa shape index (κ3) is 2.87. The summed E-state index contributed by atoms with van der Waals surface area (Å²) >= 11 is 3.48. The van der Waals surface area contributed by atoms with E-state index < -0.39 is 10.8 Å². The predicted octanol–water partition coefficient (Wildman–Crippen LogP) is 3.28. The molecule has 19 heavy (non-hydrogen) atoms. The van der Waals surface area contributed by atoms with Gasteiger partial charge < -0.3 is 4.90 Å². The molecule has 1 aromatic rings. The first-order chi connectivity index (χ1) is 9.02. The lowest BCUT2D eigenvalue weighted by Crippen LogP contribution is -2.53. The van der Waals surface area contributed by atoms with Crippen LogP contribution in [0, 0.1) is 6.92 Å². The Morgan fingerprint density at radius 3 is 2.68 bits per heavy atom. The lowest BCUT2D eigenvalue weighted by molar-refractivity contribution is 0.494. The van der Waals surface area contributed by atoms with Gasteiger partial charge in [0.05, 0.1) is 10.4 Å². The van der Waals surface area contributed by atoms with Crippen molar-refractivity contribution in [3.8, 4) is 0 Å². The summed E-state index contributed by atoms with van der Waals surface area (Å²) in [6.07, 6.45) is 1.92. The van der Waals surface area contributed by atoms with Gasteiger partial charge in [-0.3, -0.25) is 4.21 Å². The third-order valence-electron chi connectivity index (χ3n) is 4.13. The fourth-order valence-electron chi connectivity index (χ4n) is 2.61. The van der Waals surface area contributed by atoms with Crippen LogP contribution in [0.4, 0.5) is 5.82 Å². The second-order valence-electron chi connectivity index (χ2n) is 5.10. The largest absolute Gasteiger partial charge is 0.354 e. The molecule has 1 aliphatic heterocycles. The maximum absolute atomic E-state index is 12.3. The van der Waals surface area contributed by atoms with Crippen LogP contribution in [0.15, 0.2) is 16.6 Å². The van der Waals surface area contributed by atoms with Crippen LogP contribution >= 0.6 is 15.9 Å². The van der Waals surface area contributed by atoms with Gasteiger partial charge in [0.15, 0.2) is 0 Å². The molecular weight excluding hydrogens is 324 g/mol. The van der Waals surface area contributed by atoms with Crippen LogP contribution in [-0.4, -0.2) is 32.8 Å². The van der Waals surface area contributed by atoms with Crippen molar-refractivity contribution >= 4 is 32.5 Å². The van der Waals surface area contributed by atoms with Crippen molar-refractivity contribution < 1.29 is 4.21 Å². The first-order valence-electron chi connectivity index (χ1n) is 6.79. The van der Waals surface area contributed by atoms with Crippen LogP contribution < -0.4 is 4.90 Å². The van der Waals surface area contributed by atoms with Crippen molar-refractivity contribution in [2.24, 2.45) is 0 Å². The second kappa shape index (κ2) is 5.92. The second-order valence-corrected chi connectivity index (χ2v) is 7.92. The number of nitrogens with zero attached hydrogens (tertiary/aromatic N) is 2. The predicted molar refractivity (Wildman–Crippen MR) is 85.2 cm³/mol. The van der Waals surface area contributed by atoms with Crippen molar-refractivity contribution in [2.45, 2.75) is 38.4 Å². The van der Waals surface area contributed by atoms with Crippen LogP contribution in [0.2, 0.25) is 0 Å². The normalized spacial score (nSPS) is 22.5. The van der Waals surface area contributed by atoms with E-state index in [1.54, 1.807) is 0 Å². The fraction of sp³-hybridized carbons (Fsp3) is 0.643. The van der Waals surface area contributed by atoms with E-state index in [2.05, 4.69) is 39.7 Å². The summed E-state index contributed by atoms with van der Waals surface area (Å²) in [5.41, 5.74) is 1.00. The highest BCUT2D eigenvalue weighted by Crippen LogP contribution is 2.31. The minimum Gasteiger partial charge on any atom is -0.354 e. The van der Waals surface area contributed by atoms with E-state index in [9.17, 15) is 4.21 Å². The molecule has 1 aromatic heterocycles. The van der Waals surface area contributed by atoms with Gasteiger partial charge in [-0.1, -0.05) is 13.8 Å². The Bertz CT molecular complexity index is 488. The molecule has 0 spiro atoms. The van der Waals surface area contributed by atoms with Crippen molar-refractivity contribution in [2.75, 3.05) is 23.7 Å². The summed E-state index contributed by atoms with van der Waals surface area (Å²) in [4.78, 5) is 6.92. The van der Waals surface area contributed by atoms with Gasteiger partial charge in [0.1, 0.15) is 5.82 Å². The number of aryl methyl sites for hydroxylation is 1. The maximum atomic E-state index is 12.3. The molecule has 0 aliphatic carbocycles. The summed E-state index contributed by atoms with van der Waals surface area (Å²) in [5, 5.41) is 0. The monoisotopic (exact) mass is 344 g/mol. The molecule has 5 heteroatoms. The van der Waals surface area contributed by atoms with Gasteiger partial charge in [-0.2, -0.15) is 0 Å². The van der Waals surface area contributed by atoms with Crippen molar-refractivity contribution in [3.05, 3.63) is 22.3 Å². The smallest absolute Gasteiger partial charge is 0.128 e. The molecule has 0 N–H and O–H groups in total. The third-order valence-corrected chi connectivity index (χ3v) is 7.19. The molecule has 2 rings (SSSR count). The van der Waals surface area contributed by atoms with E-state index in [-0.39, 0.29) is 4.75 Å². The molecule has 0 saturated carbocycles. The van der Waals surface area contributed by atoms with E-state index in [1.807, 2.05) is 19.1 Å². The van der Waals surface area contributed by atoms with Gasteiger partial charge >= 0.3 is 0 Å². The first kappa shape index (κ1) is 15.0. The molecule has 106 valence electrons. The molecule has 1 aliphatic rings. The molecular formula is C14H21BrN2OS. The van der Waals surface area contributed by atoms with Gasteiger partial charge in [0.25, 0.3) is 0 Å². The van der Waals surface area contributed by atoms with Gasteiger partial charge in [-0.15, -0.1) is 0 Å². The lowest BCUT2D eigenvalue weighted by Gasteiger charge is -2.41. The fourth-order valence-corrected chi connectivity index (χ4v) is 4.59. The molecule has 0 radical (unpaired) electrons. The highest BCUT2D eigenvalue weighted by molar-refractivity contribution is 9.10. The van der Waals surface area contributed by atoms with Gasteiger partial charge in [-0.05, 0) is 47.8 Å². The molecule has 2 heterocycles. The minimum absolute atomic E-state index is 0.0685. The van der Waals surface area contributed by atoms with Crippen molar-refractivity contribution in [3.63, 3.8) is 0 Å². The zero-order chi connectivity index (χ0) is 14.0. The summed E-state index contributed by atoms with van der Waals surface area (Å²) < 4.78 is 13.3. The summed E-state index contributed by atoms with van der Waals surface area (Å²) in [6, 6.07) is 4.09. The zero-order valence-corrected chi connectivity index (χ0v) is 14.2. The lowest BCUT2D eigenvalue weighted by atomic mass is 10.0. The van der Waals surface area contributed by atoms with E-state index in [4.69, 9.17) is 0 Å². The Hall–Kier alpha value is -0.420. The Morgan fingerprint density at radius 1 is 1.42 bits per heavy atom. The average Bonchev–Trinajstić information content (AvgIpc) is 2.43. The van der Waals surface area contributed by atoms with Gasteiger partial charge in [-0.25, -0.2) is 4.98 Å². The average molecular weight is 345 g/mol. The number of hydrogen-bond acceptors (Lipinski definition) is 3. The molecule has 3 nitrogen and oxygen atoms in total. The quantitative estimate of drug-likeness (QED) is 0.843. The number of anilines is 1. The number of pyridine rings is 1. The van der Waals surface area contributed by atoms with Crippen molar-refractivity contribution in [1.29, 1.82) is 0 Å². The SMILES string of the molecule is CCC1(CC)CN(c2ccc(Br)c(C)n2)CCS1=O. The molecule has 1 saturated heterocycles. The Morgan fingerprint density at radius 2 is 2.11 bits per heavy atom. The van der Waals surface area contributed by atoms with Crippen LogP contribution in [0.5, 0.6) is 0 Å². The minimum atomic E-state index is -0.720. The molecule has 1 unspecified atom stereocenters. The Balaban J connectivity index is 2.26. The number of halogens is 1. The Kier molecular flexibility index (Phi) is 4.66. The van der Waals surface area contributed by atoms with Crippen LogP contribution in [-0.2, 0) is 10.8 Å². The number of rotatable bonds is 3. The molecule has 0 bridgehead atoms. The van der Waals surface area contributed by atoms with Crippen LogP contribution in [0.25, 0.3) is 0 Å². The van der Waals surface area contributed by atoms with Crippen LogP contribution in [0.3, 0.4) is 0 Å². The van der Waals surface area contributed by atoms with E-state index >= 15 is 0 Å².